The van der Waals surface area contributed by atoms with Crippen LogP contribution in [0.25, 0.3) is 5.57 Å². The molecule has 0 saturated carbocycles. The van der Waals surface area contributed by atoms with Gasteiger partial charge in [-0.25, -0.2) is 4.39 Å². The number of allylic oxidation sites excluding steroid dienone is 1. The molecular formula is C18H16BBrFNO3S. The van der Waals surface area contributed by atoms with Crippen LogP contribution >= 0.6 is 27.7 Å². The number of carbonyl (C=O) groups is 1. The zero-order valence-corrected chi connectivity index (χ0v) is 16.3. The second-order valence-electron chi connectivity index (χ2n) is 5.27. The van der Waals surface area contributed by atoms with E-state index in [0.717, 1.165) is 11.1 Å². The van der Waals surface area contributed by atoms with Crippen LogP contribution in [0.4, 0.5) is 4.39 Å². The lowest BCUT2D eigenvalue weighted by molar-refractivity contribution is -0.113. The monoisotopic (exact) mass is 435 g/mol. The molecule has 0 amide bonds. The van der Waals surface area contributed by atoms with Gasteiger partial charge in [0.25, 0.3) is 0 Å². The van der Waals surface area contributed by atoms with Crippen LogP contribution < -0.4 is 5.46 Å². The molecule has 2 aromatic carbocycles. The van der Waals surface area contributed by atoms with Gasteiger partial charge in [0, 0.05) is 16.7 Å². The van der Waals surface area contributed by atoms with Crippen molar-refractivity contribution in [1.82, 2.24) is 0 Å². The highest BCUT2D eigenvalue weighted by atomic mass is 79.9. The second-order valence-corrected chi connectivity index (χ2v) is 6.95. The Kier molecular flexibility index (Phi) is 7.77. The summed E-state index contributed by atoms with van der Waals surface area (Å²) in [4.78, 5) is 16.7. The van der Waals surface area contributed by atoms with Gasteiger partial charge in [-0.05, 0) is 57.5 Å². The number of nitrogens with zero attached hydrogens (tertiary/aromatic N) is 1. The van der Waals surface area contributed by atoms with Crippen LogP contribution in [0.5, 0.6) is 0 Å². The lowest BCUT2D eigenvalue weighted by atomic mass is 9.80. The first kappa shape index (κ1) is 20.6. The molecule has 3 rings (SSSR count). The predicted molar refractivity (Wildman–Crippen MR) is 109 cm³/mol. The van der Waals surface area contributed by atoms with Crippen LogP contribution in [-0.4, -0.2) is 42.0 Å². The predicted octanol–water partition coefficient (Wildman–Crippen LogP) is 2.67. The minimum Gasteiger partial charge on any atom is -0.423 e. The summed E-state index contributed by atoms with van der Waals surface area (Å²) in [6.07, 6.45) is 3.79. The Labute approximate surface area is 164 Å². The van der Waals surface area contributed by atoms with E-state index >= 15 is 0 Å². The Morgan fingerprint density at radius 2 is 1.73 bits per heavy atom. The fourth-order valence-corrected chi connectivity index (χ4v) is 2.97. The van der Waals surface area contributed by atoms with Crippen LogP contribution in [0.3, 0.4) is 0 Å². The molecule has 0 aromatic heterocycles. The Hall–Kier alpha value is -1.74. The van der Waals surface area contributed by atoms with Gasteiger partial charge < -0.3 is 10.0 Å². The number of Topliss-reactive ketones (excluding diaryl/α,β-unsaturated/α-hetero) is 1. The summed E-state index contributed by atoms with van der Waals surface area (Å²) in [5.41, 5.74) is 2.17. The molecule has 1 aliphatic rings. The first-order valence-corrected chi connectivity index (χ1v) is 9.63. The van der Waals surface area contributed by atoms with Crippen LogP contribution in [0.2, 0.25) is 0 Å². The number of hydrogen-bond donors (Lipinski definition) is 2. The maximum Gasteiger partial charge on any atom is 0.488 e. The molecule has 4 nitrogen and oxygen atoms in total. The highest BCUT2D eigenvalue weighted by molar-refractivity contribution is 9.12. The summed E-state index contributed by atoms with van der Waals surface area (Å²) >= 11 is 5.02. The topological polar surface area (TPSA) is 69.9 Å². The number of rotatable bonds is 3. The van der Waals surface area contributed by atoms with Gasteiger partial charge in [0.1, 0.15) is 12.4 Å². The fraction of sp³-hybridized carbons (Fsp3) is 0.111. The Bertz CT molecular complexity index is 823. The molecule has 0 unspecified atom stereocenters. The molecule has 2 aromatic rings. The number of aliphatic imine (C=N–C) groups is 1. The molecule has 134 valence electrons. The summed E-state index contributed by atoms with van der Waals surface area (Å²) in [5, 5.41) is 17.1. The van der Waals surface area contributed by atoms with Gasteiger partial charge in [-0.3, -0.25) is 9.79 Å². The van der Waals surface area contributed by atoms with Gasteiger partial charge in [0.15, 0.2) is 5.78 Å². The normalized spacial score (nSPS) is 13.3. The van der Waals surface area contributed by atoms with E-state index in [9.17, 15) is 9.18 Å². The summed E-state index contributed by atoms with van der Waals surface area (Å²) in [6, 6.07) is 13.1. The standard InChI is InChI=1S/C12H10BrNOS.C6H6BFO2/c1-16-9-4-2-8(3-5-9)10-6-14-7-11(15)12(10)13;8-6-3-1-5(2-4-6)7(9)10/h2-6H,7H2,1H3;1-4,9-10H. The van der Waals surface area contributed by atoms with E-state index in [1.807, 2.05) is 30.5 Å². The van der Waals surface area contributed by atoms with Gasteiger partial charge in [-0.1, -0.05) is 24.3 Å². The zero-order valence-electron chi connectivity index (χ0n) is 13.9. The van der Waals surface area contributed by atoms with Gasteiger partial charge in [-0.15, -0.1) is 11.8 Å². The SMILES string of the molecule is CSc1ccc(C2=C(Br)C(=O)CN=C2)cc1.OB(O)c1ccc(F)cc1. The molecular weight excluding hydrogens is 420 g/mol. The molecule has 26 heavy (non-hydrogen) atoms. The number of thioether (sulfide) groups is 1. The third-order valence-corrected chi connectivity index (χ3v) is 5.12. The summed E-state index contributed by atoms with van der Waals surface area (Å²) < 4.78 is 12.8. The first-order chi connectivity index (χ1) is 12.4. The van der Waals surface area contributed by atoms with E-state index < -0.39 is 7.12 Å². The third kappa shape index (κ3) is 5.64. The first-order valence-electron chi connectivity index (χ1n) is 7.61. The number of halogens is 2. The molecule has 0 spiro atoms. The molecule has 0 aliphatic carbocycles. The number of ketones is 1. The van der Waals surface area contributed by atoms with Gasteiger partial charge in [0.2, 0.25) is 0 Å². The lowest BCUT2D eigenvalue weighted by Crippen LogP contribution is -2.29. The average molecular weight is 436 g/mol. The Morgan fingerprint density at radius 3 is 2.27 bits per heavy atom. The summed E-state index contributed by atoms with van der Waals surface area (Å²) in [5.74, 6) is -0.351. The zero-order chi connectivity index (χ0) is 19.1. The van der Waals surface area contributed by atoms with Crippen LogP contribution in [0, 0.1) is 5.82 Å². The molecule has 0 fully saturated rings. The molecule has 1 heterocycles. The van der Waals surface area contributed by atoms with Crippen molar-refractivity contribution in [3.8, 4) is 0 Å². The van der Waals surface area contributed by atoms with Crippen molar-refractivity contribution < 1.29 is 19.2 Å². The van der Waals surface area contributed by atoms with E-state index in [1.54, 1.807) is 18.0 Å². The van der Waals surface area contributed by atoms with E-state index in [0.29, 0.717) is 9.95 Å². The van der Waals surface area contributed by atoms with Gasteiger partial charge in [0.05, 0.1) is 4.48 Å². The Morgan fingerprint density at radius 1 is 1.12 bits per heavy atom. The molecule has 0 atom stereocenters. The summed E-state index contributed by atoms with van der Waals surface area (Å²) in [6.45, 7) is 0.243. The number of carbonyl (C=O) groups excluding carboxylic acids is 1. The molecule has 0 radical (unpaired) electrons. The van der Waals surface area contributed by atoms with Crippen LogP contribution in [-0.2, 0) is 4.79 Å². The number of benzene rings is 2. The number of hydrogen-bond acceptors (Lipinski definition) is 5. The van der Waals surface area contributed by atoms with Crippen molar-refractivity contribution >= 4 is 57.8 Å². The third-order valence-electron chi connectivity index (χ3n) is 3.51. The van der Waals surface area contributed by atoms with Gasteiger partial charge in [-0.2, -0.15) is 0 Å². The molecule has 0 bridgehead atoms. The van der Waals surface area contributed by atoms with E-state index in [1.165, 1.54) is 29.2 Å². The maximum atomic E-state index is 12.2. The largest absolute Gasteiger partial charge is 0.488 e. The minimum absolute atomic E-state index is 0.0337. The minimum atomic E-state index is -1.51. The highest BCUT2D eigenvalue weighted by Crippen LogP contribution is 2.26. The molecule has 2 N–H and O–H groups in total. The van der Waals surface area contributed by atoms with Crippen LogP contribution in [0.1, 0.15) is 5.56 Å². The quantitative estimate of drug-likeness (QED) is 0.574. The van der Waals surface area contributed by atoms with Crippen molar-refractivity contribution in [2.24, 2.45) is 4.99 Å². The number of dihydropyridines is 1. The Balaban J connectivity index is 0.000000209. The fourth-order valence-electron chi connectivity index (χ4n) is 2.10. The van der Waals surface area contributed by atoms with Gasteiger partial charge >= 0.3 is 7.12 Å². The van der Waals surface area contributed by atoms with Crippen LogP contribution in [0.15, 0.2) is 62.9 Å². The van der Waals surface area contributed by atoms with Crippen molar-refractivity contribution in [3.63, 3.8) is 0 Å². The second kappa shape index (κ2) is 9.82. The van der Waals surface area contributed by atoms with Crippen molar-refractivity contribution in [2.45, 2.75) is 4.90 Å². The van der Waals surface area contributed by atoms with E-state index in [2.05, 4.69) is 20.9 Å². The smallest absolute Gasteiger partial charge is 0.423 e. The van der Waals surface area contributed by atoms with E-state index in [-0.39, 0.29) is 18.1 Å². The van der Waals surface area contributed by atoms with E-state index in [4.69, 9.17) is 10.0 Å². The highest BCUT2D eigenvalue weighted by Gasteiger charge is 2.16. The van der Waals surface area contributed by atoms with Crippen molar-refractivity contribution in [2.75, 3.05) is 12.8 Å². The molecule has 8 heteroatoms. The summed E-state index contributed by atoms with van der Waals surface area (Å²) in [7, 11) is -1.51. The molecule has 0 saturated heterocycles. The van der Waals surface area contributed by atoms with Crippen molar-refractivity contribution in [3.05, 3.63) is 64.4 Å². The average Bonchev–Trinajstić information content (AvgIpc) is 2.65. The maximum absolute atomic E-state index is 12.2. The molecule has 1 aliphatic heterocycles. The lowest BCUT2D eigenvalue weighted by Gasteiger charge is -2.10. The van der Waals surface area contributed by atoms with Crippen molar-refractivity contribution in [1.29, 1.82) is 0 Å².